The molecule has 0 spiro atoms. The molecule has 1 aromatic carbocycles. The second-order valence-corrected chi connectivity index (χ2v) is 6.38. The summed E-state index contributed by atoms with van der Waals surface area (Å²) in [6, 6.07) is 5.74. The van der Waals surface area contributed by atoms with Crippen LogP contribution >= 0.6 is 11.6 Å². The first-order valence-corrected chi connectivity index (χ1v) is 6.56. The molecule has 1 atom stereocenters. The van der Waals surface area contributed by atoms with Crippen molar-refractivity contribution in [3.63, 3.8) is 0 Å². The molecule has 0 bridgehead atoms. The summed E-state index contributed by atoms with van der Waals surface area (Å²) in [5, 5.41) is 0.763. The molecule has 1 aliphatic heterocycles. The van der Waals surface area contributed by atoms with Gasteiger partial charge < -0.3 is 10.6 Å². The second kappa shape index (κ2) is 4.41. The SMILES string of the molecule is CC(C)(C)C1CCN(c2c(N)cccc2Cl)C1. The van der Waals surface area contributed by atoms with E-state index in [4.69, 9.17) is 17.3 Å². The van der Waals surface area contributed by atoms with Crippen LogP contribution in [0.1, 0.15) is 27.2 Å². The Kier molecular flexibility index (Phi) is 3.26. The number of nitrogens with two attached hydrogens (primary N) is 1. The molecular formula is C14H21ClN2. The van der Waals surface area contributed by atoms with Crippen LogP contribution in [0, 0.1) is 11.3 Å². The van der Waals surface area contributed by atoms with E-state index in [1.807, 2.05) is 18.2 Å². The van der Waals surface area contributed by atoms with E-state index in [0.717, 1.165) is 29.5 Å². The highest BCUT2D eigenvalue weighted by molar-refractivity contribution is 6.34. The fourth-order valence-electron chi connectivity index (χ4n) is 2.54. The Morgan fingerprint density at radius 2 is 2.06 bits per heavy atom. The first kappa shape index (κ1) is 12.6. The number of hydrogen-bond donors (Lipinski definition) is 1. The summed E-state index contributed by atoms with van der Waals surface area (Å²) < 4.78 is 0. The maximum Gasteiger partial charge on any atom is 0.0789 e. The number of anilines is 2. The molecule has 0 amide bonds. The molecule has 1 aromatic rings. The summed E-state index contributed by atoms with van der Waals surface area (Å²) in [5.74, 6) is 0.707. The zero-order valence-corrected chi connectivity index (χ0v) is 11.6. The fraction of sp³-hybridized carbons (Fsp3) is 0.571. The Balaban J connectivity index is 2.21. The van der Waals surface area contributed by atoms with E-state index >= 15 is 0 Å². The van der Waals surface area contributed by atoms with Gasteiger partial charge in [0.25, 0.3) is 0 Å². The van der Waals surface area contributed by atoms with Crippen LogP contribution < -0.4 is 10.6 Å². The average Bonchev–Trinajstić information content (AvgIpc) is 2.65. The topological polar surface area (TPSA) is 29.3 Å². The molecule has 1 heterocycles. The normalized spacial score (nSPS) is 20.9. The minimum absolute atomic E-state index is 0.352. The van der Waals surface area contributed by atoms with Gasteiger partial charge in [0.15, 0.2) is 0 Å². The summed E-state index contributed by atoms with van der Waals surface area (Å²) in [6.07, 6.45) is 1.22. The van der Waals surface area contributed by atoms with Crippen LogP contribution in [-0.4, -0.2) is 13.1 Å². The van der Waals surface area contributed by atoms with Crippen molar-refractivity contribution in [1.29, 1.82) is 0 Å². The van der Waals surface area contributed by atoms with E-state index in [1.165, 1.54) is 6.42 Å². The average molecular weight is 253 g/mol. The fourth-order valence-corrected chi connectivity index (χ4v) is 2.84. The van der Waals surface area contributed by atoms with Gasteiger partial charge in [-0.05, 0) is 29.9 Å². The Bertz CT molecular complexity index is 389. The predicted octanol–water partition coefficient (Wildman–Crippen LogP) is 3.79. The van der Waals surface area contributed by atoms with Gasteiger partial charge in [0, 0.05) is 13.1 Å². The van der Waals surface area contributed by atoms with Crippen LogP contribution in [0.4, 0.5) is 11.4 Å². The minimum Gasteiger partial charge on any atom is -0.397 e. The number of rotatable bonds is 1. The number of benzene rings is 1. The Morgan fingerprint density at radius 3 is 2.59 bits per heavy atom. The molecular weight excluding hydrogens is 232 g/mol. The van der Waals surface area contributed by atoms with Crippen molar-refractivity contribution in [3.05, 3.63) is 23.2 Å². The van der Waals surface area contributed by atoms with E-state index < -0.39 is 0 Å². The largest absolute Gasteiger partial charge is 0.397 e. The molecule has 94 valence electrons. The van der Waals surface area contributed by atoms with E-state index in [2.05, 4.69) is 25.7 Å². The first-order chi connectivity index (χ1) is 7.89. The highest BCUT2D eigenvalue weighted by Crippen LogP contribution is 2.39. The highest BCUT2D eigenvalue weighted by atomic mass is 35.5. The van der Waals surface area contributed by atoms with Gasteiger partial charge in [-0.25, -0.2) is 0 Å². The molecule has 1 aliphatic rings. The third-order valence-corrected chi connectivity index (χ3v) is 4.05. The second-order valence-electron chi connectivity index (χ2n) is 5.98. The highest BCUT2D eigenvalue weighted by Gasteiger charge is 2.32. The lowest BCUT2D eigenvalue weighted by molar-refractivity contribution is 0.263. The molecule has 3 heteroatoms. The predicted molar refractivity (Wildman–Crippen MR) is 75.6 cm³/mol. The van der Waals surface area contributed by atoms with Gasteiger partial charge in [-0.2, -0.15) is 0 Å². The Morgan fingerprint density at radius 1 is 1.35 bits per heavy atom. The van der Waals surface area contributed by atoms with Crippen LogP contribution in [-0.2, 0) is 0 Å². The summed E-state index contributed by atoms with van der Waals surface area (Å²) in [4.78, 5) is 2.33. The summed E-state index contributed by atoms with van der Waals surface area (Å²) >= 11 is 6.25. The van der Waals surface area contributed by atoms with E-state index in [9.17, 15) is 0 Å². The standard InChI is InChI=1S/C14H21ClN2/c1-14(2,3)10-7-8-17(9-10)13-11(15)5-4-6-12(13)16/h4-6,10H,7-9,16H2,1-3H3. The van der Waals surface area contributed by atoms with E-state index in [1.54, 1.807) is 0 Å². The van der Waals surface area contributed by atoms with E-state index in [-0.39, 0.29) is 0 Å². The van der Waals surface area contributed by atoms with Crippen LogP contribution in [0.3, 0.4) is 0 Å². The minimum atomic E-state index is 0.352. The summed E-state index contributed by atoms with van der Waals surface area (Å²) in [7, 11) is 0. The number of nitrogen functional groups attached to an aromatic ring is 1. The van der Waals surface area contributed by atoms with Gasteiger partial charge in [-0.1, -0.05) is 38.4 Å². The van der Waals surface area contributed by atoms with Crippen molar-refractivity contribution in [2.45, 2.75) is 27.2 Å². The van der Waals surface area contributed by atoms with Gasteiger partial charge in [0.05, 0.1) is 16.4 Å². The Labute approximate surface area is 109 Å². The lowest BCUT2D eigenvalue weighted by atomic mass is 9.80. The van der Waals surface area contributed by atoms with Gasteiger partial charge in [-0.15, -0.1) is 0 Å². The molecule has 0 radical (unpaired) electrons. The van der Waals surface area contributed by atoms with E-state index in [0.29, 0.717) is 11.3 Å². The smallest absolute Gasteiger partial charge is 0.0789 e. The quantitative estimate of drug-likeness (QED) is 0.771. The van der Waals surface area contributed by atoms with Crippen molar-refractivity contribution < 1.29 is 0 Å². The van der Waals surface area contributed by atoms with Crippen molar-refractivity contribution in [2.75, 3.05) is 23.7 Å². The molecule has 1 unspecified atom stereocenters. The number of nitrogens with zero attached hydrogens (tertiary/aromatic N) is 1. The Hall–Kier alpha value is -0.890. The molecule has 17 heavy (non-hydrogen) atoms. The number of para-hydroxylation sites is 1. The van der Waals surface area contributed by atoms with Crippen LogP contribution in [0.15, 0.2) is 18.2 Å². The van der Waals surface area contributed by atoms with Crippen molar-refractivity contribution in [1.82, 2.24) is 0 Å². The summed E-state index contributed by atoms with van der Waals surface area (Å²) in [5.41, 5.74) is 8.18. The molecule has 2 rings (SSSR count). The van der Waals surface area contributed by atoms with Gasteiger partial charge in [0.1, 0.15) is 0 Å². The lowest BCUT2D eigenvalue weighted by Gasteiger charge is -2.28. The molecule has 1 fully saturated rings. The molecule has 0 aliphatic carbocycles. The molecule has 0 aromatic heterocycles. The van der Waals surface area contributed by atoms with Crippen molar-refractivity contribution in [2.24, 2.45) is 11.3 Å². The van der Waals surface area contributed by atoms with Crippen LogP contribution in [0.2, 0.25) is 5.02 Å². The zero-order valence-electron chi connectivity index (χ0n) is 10.8. The van der Waals surface area contributed by atoms with Gasteiger partial charge in [-0.3, -0.25) is 0 Å². The maximum absolute atomic E-state index is 6.25. The van der Waals surface area contributed by atoms with Crippen molar-refractivity contribution in [3.8, 4) is 0 Å². The third kappa shape index (κ3) is 2.52. The number of halogens is 1. The summed E-state index contributed by atoms with van der Waals surface area (Å²) in [6.45, 7) is 9.01. The molecule has 1 saturated heterocycles. The van der Waals surface area contributed by atoms with Gasteiger partial charge >= 0.3 is 0 Å². The third-order valence-electron chi connectivity index (χ3n) is 3.75. The molecule has 2 nitrogen and oxygen atoms in total. The monoisotopic (exact) mass is 252 g/mol. The first-order valence-electron chi connectivity index (χ1n) is 6.18. The van der Waals surface area contributed by atoms with Gasteiger partial charge in [0.2, 0.25) is 0 Å². The maximum atomic E-state index is 6.25. The van der Waals surface area contributed by atoms with Crippen LogP contribution in [0.5, 0.6) is 0 Å². The van der Waals surface area contributed by atoms with Crippen LogP contribution in [0.25, 0.3) is 0 Å². The lowest BCUT2D eigenvalue weighted by Crippen LogP contribution is -2.26. The molecule has 0 saturated carbocycles. The number of hydrogen-bond acceptors (Lipinski definition) is 2. The van der Waals surface area contributed by atoms with Crippen molar-refractivity contribution >= 4 is 23.0 Å². The molecule has 2 N–H and O–H groups in total. The zero-order chi connectivity index (χ0) is 12.6.